The Morgan fingerprint density at radius 1 is 1.11 bits per heavy atom. The summed E-state index contributed by atoms with van der Waals surface area (Å²) in [6.07, 6.45) is 12.0. The molecule has 1 N–H and O–H groups in total. The molecule has 1 aliphatic carbocycles. The van der Waals surface area contributed by atoms with E-state index in [2.05, 4.69) is 26.8 Å². The lowest BCUT2D eigenvalue weighted by molar-refractivity contribution is -0.124. The lowest BCUT2D eigenvalue weighted by Gasteiger charge is -2.47. The highest BCUT2D eigenvalue weighted by molar-refractivity contribution is 5.81. The molecule has 2 atom stereocenters. The molecular formula is C24H36O3. The number of unbranched alkanes of at least 4 members (excludes halogenated alkanes) is 6. The summed E-state index contributed by atoms with van der Waals surface area (Å²) in [4.78, 5) is 12.1. The number of phenolic OH excluding ortho intramolecular Hbond substituents is 1. The Labute approximate surface area is 164 Å². The summed E-state index contributed by atoms with van der Waals surface area (Å²) in [6, 6.07) is 4.02. The standard InChI is InChI=1S/C24H36O3/c1-4-5-6-7-8-9-10-11-17-14-21(26)23-19-16-18(25)12-13-20(19)24(2,3)27-22(23)15-17/h14-15,19-20,26H,4-13,16H2,1-3H3. The minimum Gasteiger partial charge on any atom is -0.508 e. The third kappa shape index (κ3) is 4.67. The van der Waals surface area contributed by atoms with Gasteiger partial charge >= 0.3 is 0 Å². The lowest BCUT2D eigenvalue weighted by atomic mass is 9.66. The van der Waals surface area contributed by atoms with Crippen molar-refractivity contribution in [2.75, 3.05) is 0 Å². The van der Waals surface area contributed by atoms with E-state index in [1.807, 2.05) is 6.07 Å². The van der Waals surface area contributed by atoms with Gasteiger partial charge in [-0.2, -0.15) is 0 Å². The van der Waals surface area contributed by atoms with E-state index in [0.29, 0.717) is 30.3 Å². The maximum Gasteiger partial charge on any atom is 0.133 e. The number of rotatable bonds is 8. The van der Waals surface area contributed by atoms with Crippen molar-refractivity contribution in [3.63, 3.8) is 0 Å². The SMILES string of the molecule is CCCCCCCCCc1cc(O)c2c(c1)OC(C)(C)C1CCC(=O)CC21. The summed E-state index contributed by atoms with van der Waals surface area (Å²) in [7, 11) is 0. The van der Waals surface area contributed by atoms with Gasteiger partial charge in [0.1, 0.15) is 22.9 Å². The van der Waals surface area contributed by atoms with Gasteiger partial charge < -0.3 is 9.84 Å². The molecule has 1 aromatic rings. The molecule has 2 unspecified atom stereocenters. The van der Waals surface area contributed by atoms with Crippen molar-refractivity contribution in [2.45, 2.75) is 103 Å². The van der Waals surface area contributed by atoms with Crippen molar-refractivity contribution in [1.29, 1.82) is 0 Å². The molecule has 0 saturated heterocycles. The van der Waals surface area contributed by atoms with Gasteiger partial charge in [0.25, 0.3) is 0 Å². The molecule has 1 aromatic carbocycles. The van der Waals surface area contributed by atoms with Crippen molar-refractivity contribution in [3.05, 3.63) is 23.3 Å². The summed E-state index contributed by atoms with van der Waals surface area (Å²) in [5, 5.41) is 10.7. The van der Waals surface area contributed by atoms with Crippen LogP contribution in [-0.4, -0.2) is 16.5 Å². The Balaban J connectivity index is 1.67. The fourth-order valence-electron chi connectivity index (χ4n) is 5.06. The second-order valence-corrected chi connectivity index (χ2v) is 9.10. The summed E-state index contributed by atoms with van der Waals surface area (Å²) < 4.78 is 6.35. The summed E-state index contributed by atoms with van der Waals surface area (Å²) in [6.45, 7) is 6.50. The van der Waals surface area contributed by atoms with Gasteiger partial charge in [0.05, 0.1) is 0 Å². The number of carbonyl (C=O) groups excluding carboxylic acids is 1. The van der Waals surface area contributed by atoms with E-state index < -0.39 is 0 Å². The fraction of sp³-hybridized carbons (Fsp3) is 0.708. The number of benzene rings is 1. The molecule has 0 amide bonds. The Hall–Kier alpha value is -1.51. The topological polar surface area (TPSA) is 46.5 Å². The molecule has 0 bridgehead atoms. The van der Waals surface area contributed by atoms with Crippen LogP contribution in [0.5, 0.6) is 11.5 Å². The summed E-state index contributed by atoms with van der Waals surface area (Å²) in [5.74, 6) is 1.83. The maximum absolute atomic E-state index is 12.1. The molecule has 3 nitrogen and oxygen atoms in total. The molecule has 1 heterocycles. The van der Waals surface area contributed by atoms with Gasteiger partial charge in [0, 0.05) is 30.2 Å². The first kappa shape index (κ1) is 20.2. The zero-order valence-corrected chi connectivity index (χ0v) is 17.4. The van der Waals surface area contributed by atoms with Crippen LogP contribution in [0.15, 0.2) is 12.1 Å². The number of aryl methyl sites for hydroxylation is 1. The van der Waals surface area contributed by atoms with Crippen LogP contribution in [0.1, 0.15) is 102 Å². The maximum atomic E-state index is 12.1. The van der Waals surface area contributed by atoms with E-state index in [4.69, 9.17) is 4.74 Å². The zero-order chi connectivity index (χ0) is 19.4. The number of hydrogen-bond acceptors (Lipinski definition) is 3. The van der Waals surface area contributed by atoms with Crippen LogP contribution in [0.25, 0.3) is 0 Å². The van der Waals surface area contributed by atoms with Gasteiger partial charge in [-0.05, 0) is 50.8 Å². The predicted molar refractivity (Wildman–Crippen MR) is 110 cm³/mol. The van der Waals surface area contributed by atoms with Crippen molar-refractivity contribution in [1.82, 2.24) is 0 Å². The van der Waals surface area contributed by atoms with E-state index >= 15 is 0 Å². The smallest absolute Gasteiger partial charge is 0.133 e. The fourth-order valence-corrected chi connectivity index (χ4v) is 5.06. The zero-order valence-electron chi connectivity index (χ0n) is 17.4. The first-order chi connectivity index (χ1) is 12.9. The van der Waals surface area contributed by atoms with Crippen LogP contribution in [0, 0.1) is 5.92 Å². The number of fused-ring (bicyclic) bond motifs is 3. The van der Waals surface area contributed by atoms with Gasteiger partial charge in [-0.25, -0.2) is 0 Å². The van der Waals surface area contributed by atoms with E-state index in [0.717, 1.165) is 36.1 Å². The number of ether oxygens (including phenoxy) is 1. The Bertz CT molecular complexity index is 662. The van der Waals surface area contributed by atoms with E-state index in [9.17, 15) is 9.90 Å². The average molecular weight is 373 g/mol. The van der Waals surface area contributed by atoms with Crippen LogP contribution in [-0.2, 0) is 11.2 Å². The number of aromatic hydroxyl groups is 1. The minimum atomic E-state index is -0.289. The Morgan fingerprint density at radius 3 is 2.56 bits per heavy atom. The van der Waals surface area contributed by atoms with Gasteiger partial charge in [0.2, 0.25) is 0 Å². The Kier molecular flexibility index (Phi) is 6.49. The number of ketones is 1. The number of carbonyl (C=O) groups is 1. The minimum absolute atomic E-state index is 0.0950. The normalized spacial score (nSPS) is 23.4. The summed E-state index contributed by atoms with van der Waals surface area (Å²) in [5.41, 5.74) is 1.73. The molecule has 3 heteroatoms. The van der Waals surface area contributed by atoms with Crippen LogP contribution < -0.4 is 4.74 Å². The molecule has 1 saturated carbocycles. The highest BCUT2D eigenvalue weighted by Crippen LogP contribution is 2.53. The van der Waals surface area contributed by atoms with Crippen LogP contribution in [0.3, 0.4) is 0 Å². The van der Waals surface area contributed by atoms with Gasteiger partial charge in [0.15, 0.2) is 0 Å². The third-order valence-corrected chi connectivity index (χ3v) is 6.55. The molecule has 0 radical (unpaired) electrons. The largest absolute Gasteiger partial charge is 0.508 e. The lowest BCUT2D eigenvalue weighted by Crippen LogP contribution is -2.47. The Morgan fingerprint density at radius 2 is 1.81 bits per heavy atom. The molecule has 2 aliphatic rings. The second kappa shape index (κ2) is 8.67. The molecule has 3 rings (SSSR count). The predicted octanol–water partition coefficient (Wildman–Crippen LogP) is 6.31. The van der Waals surface area contributed by atoms with Crippen LogP contribution >= 0.6 is 0 Å². The van der Waals surface area contributed by atoms with E-state index in [1.165, 1.54) is 38.5 Å². The van der Waals surface area contributed by atoms with Crippen LogP contribution in [0.4, 0.5) is 0 Å². The third-order valence-electron chi connectivity index (χ3n) is 6.55. The first-order valence-electron chi connectivity index (χ1n) is 11.0. The number of Topliss-reactive ketones (excluding diaryl/α,β-unsaturated/α-hetero) is 1. The van der Waals surface area contributed by atoms with E-state index in [1.54, 1.807) is 0 Å². The highest BCUT2D eigenvalue weighted by Gasteiger charge is 2.47. The van der Waals surface area contributed by atoms with E-state index in [-0.39, 0.29) is 11.5 Å². The van der Waals surface area contributed by atoms with Gasteiger partial charge in [-0.15, -0.1) is 0 Å². The molecule has 0 spiro atoms. The molecular weight excluding hydrogens is 336 g/mol. The summed E-state index contributed by atoms with van der Waals surface area (Å²) >= 11 is 0. The van der Waals surface area contributed by atoms with Crippen LogP contribution in [0.2, 0.25) is 0 Å². The molecule has 0 aromatic heterocycles. The molecule has 1 fully saturated rings. The second-order valence-electron chi connectivity index (χ2n) is 9.10. The monoisotopic (exact) mass is 372 g/mol. The van der Waals surface area contributed by atoms with Crippen molar-refractivity contribution in [3.8, 4) is 11.5 Å². The molecule has 27 heavy (non-hydrogen) atoms. The number of phenols is 1. The van der Waals surface area contributed by atoms with Gasteiger partial charge in [-0.3, -0.25) is 4.79 Å². The quantitative estimate of drug-likeness (QED) is 0.544. The average Bonchev–Trinajstić information content (AvgIpc) is 2.59. The van der Waals surface area contributed by atoms with Gasteiger partial charge in [-0.1, -0.05) is 45.4 Å². The first-order valence-corrected chi connectivity index (χ1v) is 11.0. The molecule has 1 aliphatic heterocycles. The molecule has 150 valence electrons. The highest BCUT2D eigenvalue weighted by atomic mass is 16.5. The van der Waals surface area contributed by atoms with Crippen molar-refractivity contribution in [2.24, 2.45) is 5.92 Å². The number of hydrogen-bond donors (Lipinski definition) is 1. The van der Waals surface area contributed by atoms with Crippen molar-refractivity contribution >= 4 is 5.78 Å². The van der Waals surface area contributed by atoms with Crippen molar-refractivity contribution < 1.29 is 14.6 Å².